The monoisotopic (exact) mass is 146 g/mol. The number of hydrogen-bond acceptors (Lipinski definition) is 1. The molecule has 0 aliphatic carbocycles. The standard InChI is InChI=1S/C7H11ClO/c1-4-5-7(2,3)6(8)9/h4-5H,1-3H3. The third-order valence-electron chi connectivity index (χ3n) is 1.09. The van der Waals surface area contributed by atoms with Crippen molar-refractivity contribution in [2.75, 3.05) is 0 Å². The molecule has 0 aromatic carbocycles. The Morgan fingerprint density at radius 3 is 2.11 bits per heavy atom. The van der Waals surface area contributed by atoms with Crippen LogP contribution in [-0.4, -0.2) is 5.24 Å². The van der Waals surface area contributed by atoms with Gasteiger partial charge >= 0.3 is 0 Å². The number of allylic oxidation sites excluding steroid dienone is 2. The molecule has 0 atom stereocenters. The average molecular weight is 147 g/mol. The van der Waals surface area contributed by atoms with Crippen LogP contribution in [0.4, 0.5) is 0 Å². The molecule has 1 nitrogen and oxygen atoms in total. The molecule has 0 bridgehead atoms. The highest BCUT2D eigenvalue weighted by Crippen LogP contribution is 2.19. The van der Waals surface area contributed by atoms with E-state index in [1.807, 2.05) is 13.0 Å². The number of carbonyl (C=O) groups is 1. The van der Waals surface area contributed by atoms with Gasteiger partial charge in [-0.2, -0.15) is 0 Å². The second-order valence-corrected chi connectivity index (χ2v) is 2.84. The van der Waals surface area contributed by atoms with E-state index in [0.717, 1.165) is 0 Å². The predicted octanol–water partition coefficient (Wildman–Crippen LogP) is 2.35. The van der Waals surface area contributed by atoms with E-state index in [-0.39, 0.29) is 5.24 Å². The van der Waals surface area contributed by atoms with Gasteiger partial charge in [0, 0.05) is 0 Å². The molecule has 0 heterocycles. The van der Waals surface area contributed by atoms with Gasteiger partial charge < -0.3 is 0 Å². The molecule has 0 unspecified atom stereocenters. The molecule has 52 valence electrons. The lowest BCUT2D eigenvalue weighted by Gasteiger charge is -2.12. The fourth-order valence-electron chi connectivity index (χ4n) is 0.482. The summed E-state index contributed by atoms with van der Waals surface area (Å²) in [6.07, 6.45) is 3.60. The summed E-state index contributed by atoms with van der Waals surface area (Å²) >= 11 is 5.26. The maximum absolute atomic E-state index is 10.6. The Balaban J connectivity index is 4.19. The van der Waals surface area contributed by atoms with Gasteiger partial charge in [0.25, 0.3) is 0 Å². The van der Waals surface area contributed by atoms with Crippen molar-refractivity contribution in [3.8, 4) is 0 Å². The Hall–Kier alpha value is -0.300. The van der Waals surface area contributed by atoms with Crippen LogP contribution in [0.2, 0.25) is 0 Å². The van der Waals surface area contributed by atoms with Gasteiger partial charge in [-0.25, -0.2) is 0 Å². The van der Waals surface area contributed by atoms with Crippen molar-refractivity contribution in [2.45, 2.75) is 20.8 Å². The molecule has 0 N–H and O–H groups in total. The van der Waals surface area contributed by atoms with Crippen molar-refractivity contribution >= 4 is 16.8 Å². The first-order valence-electron chi connectivity index (χ1n) is 2.84. The lowest BCUT2D eigenvalue weighted by atomic mass is 9.95. The van der Waals surface area contributed by atoms with Crippen LogP contribution < -0.4 is 0 Å². The average Bonchev–Trinajstić information content (AvgIpc) is 1.65. The second-order valence-electron chi connectivity index (χ2n) is 2.50. The maximum atomic E-state index is 10.6. The molecule has 0 aliphatic heterocycles. The summed E-state index contributed by atoms with van der Waals surface area (Å²) in [6, 6.07) is 0. The van der Waals surface area contributed by atoms with E-state index in [4.69, 9.17) is 11.6 Å². The van der Waals surface area contributed by atoms with Crippen LogP contribution in [0, 0.1) is 5.41 Å². The third kappa shape index (κ3) is 2.66. The van der Waals surface area contributed by atoms with E-state index >= 15 is 0 Å². The van der Waals surface area contributed by atoms with Crippen LogP contribution in [0.5, 0.6) is 0 Å². The number of carbonyl (C=O) groups excluding carboxylic acids is 1. The Bertz CT molecular complexity index is 136. The summed E-state index contributed by atoms with van der Waals surface area (Å²) in [5.74, 6) is 0. The van der Waals surface area contributed by atoms with Crippen LogP contribution in [0.3, 0.4) is 0 Å². The highest BCUT2D eigenvalue weighted by molar-refractivity contribution is 6.64. The first-order valence-corrected chi connectivity index (χ1v) is 3.22. The Kier molecular flexibility index (Phi) is 2.92. The Labute approximate surface area is 60.7 Å². The van der Waals surface area contributed by atoms with Crippen LogP contribution in [0.1, 0.15) is 20.8 Å². The fourth-order valence-corrected chi connectivity index (χ4v) is 0.545. The Morgan fingerprint density at radius 2 is 2.00 bits per heavy atom. The molecular weight excluding hydrogens is 136 g/mol. The summed E-state index contributed by atoms with van der Waals surface area (Å²) < 4.78 is 0. The second kappa shape index (κ2) is 3.02. The highest BCUT2D eigenvalue weighted by Gasteiger charge is 2.20. The summed E-state index contributed by atoms with van der Waals surface area (Å²) in [4.78, 5) is 10.6. The first kappa shape index (κ1) is 8.70. The number of rotatable bonds is 2. The highest BCUT2D eigenvalue weighted by atomic mass is 35.5. The maximum Gasteiger partial charge on any atom is 0.231 e. The van der Waals surface area contributed by atoms with Crippen molar-refractivity contribution in [3.05, 3.63) is 12.2 Å². The molecule has 9 heavy (non-hydrogen) atoms. The minimum atomic E-state index is -0.504. The molecule has 0 spiro atoms. The smallest absolute Gasteiger partial charge is 0.231 e. The third-order valence-corrected chi connectivity index (χ3v) is 1.58. The van der Waals surface area contributed by atoms with Crippen molar-refractivity contribution in [1.82, 2.24) is 0 Å². The zero-order valence-corrected chi connectivity index (χ0v) is 6.70. The molecule has 0 saturated carbocycles. The summed E-state index contributed by atoms with van der Waals surface area (Å²) in [5, 5.41) is -0.319. The zero-order chi connectivity index (χ0) is 7.49. The van der Waals surface area contributed by atoms with Gasteiger partial charge in [0.05, 0.1) is 5.41 Å². The molecule has 0 radical (unpaired) electrons. The van der Waals surface area contributed by atoms with E-state index in [0.29, 0.717) is 0 Å². The predicted molar refractivity (Wildman–Crippen MR) is 39.5 cm³/mol. The summed E-state index contributed by atoms with van der Waals surface area (Å²) in [5.41, 5.74) is -0.504. The lowest BCUT2D eigenvalue weighted by molar-refractivity contribution is -0.116. The molecule has 0 rings (SSSR count). The lowest BCUT2D eigenvalue weighted by Crippen LogP contribution is -2.15. The Morgan fingerprint density at radius 1 is 1.56 bits per heavy atom. The first-order chi connectivity index (χ1) is 4.00. The molecule has 2 heteroatoms. The van der Waals surface area contributed by atoms with Gasteiger partial charge in [-0.05, 0) is 32.4 Å². The van der Waals surface area contributed by atoms with E-state index in [1.165, 1.54) is 0 Å². The molecule has 0 aromatic heterocycles. The van der Waals surface area contributed by atoms with Crippen molar-refractivity contribution in [1.29, 1.82) is 0 Å². The van der Waals surface area contributed by atoms with Crippen molar-refractivity contribution < 1.29 is 4.79 Å². The topological polar surface area (TPSA) is 17.1 Å². The number of halogens is 1. The quantitative estimate of drug-likeness (QED) is 0.432. The van der Waals surface area contributed by atoms with Gasteiger partial charge in [-0.3, -0.25) is 4.79 Å². The molecule has 0 aromatic rings. The fraction of sp³-hybridized carbons (Fsp3) is 0.571. The van der Waals surface area contributed by atoms with Crippen LogP contribution in [0.15, 0.2) is 12.2 Å². The molecule has 0 saturated heterocycles. The van der Waals surface area contributed by atoms with Gasteiger partial charge in [-0.15, -0.1) is 0 Å². The zero-order valence-electron chi connectivity index (χ0n) is 5.94. The molecule has 0 amide bonds. The minimum Gasteiger partial charge on any atom is -0.280 e. The van der Waals surface area contributed by atoms with E-state index < -0.39 is 5.41 Å². The normalized spacial score (nSPS) is 12.4. The largest absolute Gasteiger partial charge is 0.280 e. The van der Waals surface area contributed by atoms with Gasteiger partial charge in [0.2, 0.25) is 5.24 Å². The van der Waals surface area contributed by atoms with E-state index in [2.05, 4.69) is 0 Å². The van der Waals surface area contributed by atoms with E-state index in [9.17, 15) is 4.79 Å². The SMILES string of the molecule is CC=CC(C)(C)C(=O)Cl. The number of hydrogen-bond donors (Lipinski definition) is 0. The van der Waals surface area contributed by atoms with Gasteiger partial charge in [0.1, 0.15) is 0 Å². The van der Waals surface area contributed by atoms with E-state index in [1.54, 1.807) is 19.9 Å². The molecule has 0 fully saturated rings. The summed E-state index contributed by atoms with van der Waals surface area (Å²) in [6.45, 7) is 5.42. The van der Waals surface area contributed by atoms with Crippen LogP contribution >= 0.6 is 11.6 Å². The van der Waals surface area contributed by atoms with Crippen LogP contribution in [0.25, 0.3) is 0 Å². The summed E-state index contributed by atoms with van der Waals surface area (Å²) in [7, 11) is 0. The molecule has 0 aliphatic rings. The van der Waals surface area contributed by atoms with Crippen molar-refractivity contribution in [3.63, 3.8) is 0 Å². The minimum absolute atomic E-state index is 0.319. The molecular formula is C7H11ClO. The van der Waals surface area contributed by atoms with Crippen LogP contribution in [-0.2, 0) is 4.79 Å². The van der Waals surface area contributed by atoms with Crippen molar-refractivity contribution in [2.24, 2.45) is 5.41 Å². The van der Waals surface area contributed by atoms with Gasteiger partial charge in [0.15, 0.2) is 0 Å². The van der Waals surface area contributed by atoms with Gasteiger partial charge in [-0.1, -0.05) is 12.2 Å².